The van der Waals surface area contributed by atoms with E-state index >= 15 is 0 Å². The van der Waals surface area contributed by atoms with Crippen molar-refractivity contribution in [1.29, 1.82) is 0 Å². The first-order valence-electron chi connectivity index (χ1n) is 10.3. The molecule has 3 aromatic rings. The van der Waals surface area contributed by atoms with Crippen molar-refractivity contribution in [2.75, 3.05) is 19.3 Å². The first-order valence-corrected chi connectivity index (χ1v) is 12.3. The van der Waals surface area contributed by atoms with Crippen molar-refractivity contribution in [3.63, 3.8) is 0 Å². The number of aromatic nitrogens is 2. The van der Waals surface area contributed by atoms with Crippen LogP contribution >= 0.6 is 0 Å². The number of hydrogen-bond acceptors (Lipinski definition) is 4. The summed E-state index contributed by atoms with van der Waals surface area (Å²) in [5.74, 6) is 0.764. The topological polar surface area (TPSA) is 66.1 Å². The fourth-order valence-electron chi connectivity index (χ4n) is 4.43. The van der Waals surface area contributed by atoms with E-state index in [9.17, 15) is 8.42 Å². The summed E-state index contributed by atoms with van der Waals surface area (Å²) in [6.45, 7) is 5.05. The van der Waals surface area contributed by atoms with Crippen LogP contribution in [0.15, 0.2) is 42.6 Å². The third kappa shape index (κ3) is 5.25. The Kier molecular flexibility index (Phi) is 5.74. The number of fused-ring (bicyclic) bond motifs is 1. The molecule has 1 atom stereocenters. The van der Waals surface area contributed by atoms with Crippen molar-refractivity contribution in [2.24, 2.45) is 5.92 Å². The van der Waals surface area contributed by atoms with Gasteiger partial charge in [0.2, 0.25) is 0 Å². The second-order valence-corrected chi connectivity index (χ2v) is 10.7. The first-order chi connectivity index (χ1) is 13.9. The van der Waals surface area contributed by atoms with Crippen molar-refractivity contribution in [3.05, 3.63) is 64.8 Å². The van der Waals surface area contributed by atoms with Crippen LogP contribution in [-0.2, 0) is 28.6 Å². The van der Waals surface area contributed by atoms with Crippen molar-refractivity contribution in [2.45, 2.75) is 38.5 Å². The molecule has 2 heterocycles. The molecule has 29 heavy (non-hydrogen) atoms. The van der Waals surface area contributed by atoms with Gasteiger partial charge >= 0.3 is 0 Å². The molecule has 0 radical (unpaired) electrons. The highest BCUT2D eigenvalue weighted by molar-refractivity contribution is 7.89. The van der Waals surface area contributed by atoms with Gasteiger partial charge in [-0.2, -0.15) is 5.10 Å². The number of aromatic amines is 1. The maximum atomic E-state index is 11.7. The second-order valence-electron chi connectivity index (χ2n) is 8.57. The molecular weight excluding hydrogens is 382 g/mol. The quantitative estimate of drug-likeness (QED) is 0.669. The number of piperidine rings is 1. The zero-order chi connectivity index (χ0) is 20.4. The third-order valence-electron chi connectivity index (χ3n) is 5.87. The van der Waals surface area contributed by atoms with E-state index in [0.717, 1.165) is 42.7 Å². The average Bonchev–Trinajstić information content (AvgIpc) is 3.11. The van der Waals surface area contributed by atoms with Gasteiger partial charge in [-0.3, -0.25) is 10.00 Å². The average molecular weight is 412 g/mol. The Balaban J connectivity index is 1.41. The molecular formula is C23H29N3O2S. The van der Waals surface area contributed by atoms with Crippen LogP contribution in [0.5, 0.6) is 0 Å². The lowest BCUT2D eigenvalue weighted by Crippen LogP contribution is -2.35. The van der Waals surface area contributed by atoms with Crippen LogP contribution in [0.1, 0.15) is 35.1 Å². The Bertz CT molecular complexity index is 1100. The number of nitrogens with one attached hydrogen (secondary N) is 1. The number of hydrogen-bond donors (Lipinski definition) is 1. The van der Waals surface area contributed by atoms with Crippen molar-refractivity contribution in [3.8, 4) is 0 Å². The summed E-state index contributed by atoms with van der Waals surface area (Å²) in [6, 6.07) is 12.8. The Morgan fingerprint density at radius 1 is 1.17 bits per heavy atom. The van der Waals surface area contributed by atoms with Crippen LogP contribution in [0, 0.1) is 12.8 Å². The van der Waals surface area contributed by atoms with Gasteiger partial charge in [-0.1, -0.05) is 24.3 Å². The van der Waals surface area contributed by atoms with E-state index in [4.69, 9.17) is 0 Å². The molecule has 0 amide bonds. The molecule has 1 fully saturated rings. The molecule has 2 aromatic carbocycles. The van der Waals surface area contributed by atoms with Crippen molar-refractivity contribution >= 4 is 20.7 Å². The fraction of sp³-hybridized carbons (Fsp3) is 0.435. The number of benzene rings is 2. The van der Waals surface area contributed by atoms with E-state index in [2.05, 4.69) is 51.5 Å². The largest absolute Gasteiger partial charge is 0.299 e. The Morgan fingerprint density at radius 3 is 2.83 bits per heavy atom. The lowest BCUT2D eigenvalue weighted by molar-refractivity contribution is 0.167. The van der Waals surface area contributed by atoms with Crippen LogP contribution in [-0.4, -0.2) is 42.9 Å². The standard InChI is InChI=1S/C23H29N3O2S/c1-17-5-6-20(12-22(17)16-29(2,27)28)15-26-9-3-4-19(14-26)10-18-7-8-23-21(11-18)13-24-25-23/h5-8,11-13,19H,3-4,9-10,14-16H2,1-2H3,(H,24,25)/t19-/m1/s1. The van der Waals surface area contributed by atoms with Crippen LogP contribution in [0.3, 0.4) is 0 Å². The minimum Gasteiger partial charge on any atom is -0.299 e. The van der Waals surface area contributed by atoms with Crippen molar-refractivity contribution < 1.29 is 8.42 Å². The summed E-state index contributed by atoms with van der Waals surface area (Å²) in [4.78, 5) is 2.51. The molecule has 5 nitrogen and oxygen atoms in total. The Labute approximate surface area is 173 Å². The maximum Gasteiger partial charge on any atom is 0.151 e. The second kappa shape index (κ2) is 8.28. The summed E-state index contributed by atoms with van der Waals surface area (Å²) in [7, 11) is -3.02. The highest BCUT2D eigenvalue weighted by Gasteiger charge is 2.21. The van der Waals surface area contributed by atoms with Gasteiger partial charge in [-0.15, -0.1) is 0 Å². The summed E-state index contributed by atoms with van der Waals surface area (Å²) in [5.41, 5.74) is 5.63. The van der Waals surface area contributed by atoms with E-state index in [1.54, 1.807) is 0 Å². The van der Waals surface area contributed by atoms with Crippen LogP contribution in [0.2, 0.25) is 0 Å². The number of aryl methyl sites for hydroxylation is 1. The van der Waals surface area contributed by atoms with E-state index in [-0.39, 0.29) is 5.75 Å². The molecule has 0 saturated carbocycles. The zero-order valence-electron chi connectivity index (χ0n) is 17.2. The lowest BCUT2D eigenvalue weighted by atomic mass is 9.90. The molecule has 1 aliphatic rings. The normalized spacial score (nSPS) is 18.3. The number of rotatable bonds is 6. The fourth-order valence-corrected chi connectivity index (χ4v) is 5.31. The van der Waals surface area contributed by atoms with Gasteiger partial charge in [-0.05, 0) is 73.0 Å². The predicted molar refractivity (Wildman–Crippen MR) is 118 cm³/mol. The van der Waals surface area contributed by atoms with Gasteiger partial charge in [0.15, 0.2) is 9.84 Å². The van der Waals surface area contributed by atoms with Crippen molar-refractivity contribution in [1.82, 2.24) is 15.1 Å². The zero-order valence-corrected chi connectivity index (χ0v) is 18.0. The minimum absolute atomic E-state index is 0.117. The summed E-state index contributed by atoms with van der Waals surface area (Å²) in [6.07, 6.45) is 6.74. The highest BCUT2D eigenvalue weighted by Crippen LogP contribution is 2.24. The van der Waals surface area contributed by atoms with Gasteiger partial charge in [0.05, 0.1) is 17.5 Å². The van der Waals surface area contributed by atoms with E-state index in [1.165, 1.54) is 35.6 Å². The van der Waals surface area contributed by atoms with Gasteiger partial charge in [0.25, 0.3) is 0 Å². The monoisotopic (exact) mass is 411 g/mol. The van der Waals surface area contributed by atoms with Gasteiger partial charge in [-0.25, -0.2) is 8.42 Å². The van der Waals surface area contributed by atoms with Gasteiger partial charge in [0.1, 0.15) is 0 Å². The van der Waals surface area contributed by atoms with E-state index < -0.39 is 9.84 Å². The molecule has 0 aliphatic carbocycles. The molecule has 1 N–H and O–H groups in total. The van der Waals surface area contributed by atoms with Gasteiger partial charge in [0, 0.05) is 24.7 Å². The van der Waals surface area contributed by atoms with Crippen LogP contribution < -0.4 is 0 Å². The molecule has 1 aromatic heterocycles. The lowest BCUT2D eigenvalue weighted by Gasteiger charge is -2.33. The predicted octanol–water partition coefficient (Wildman–Crippen LogP) is 3.87. The maximum absolute atomic E-state index is 11.7. The van der Waals surface area contributed by atoms with E-state index in [1.807, 2.05) is 13.1 Å². The summed E-state index contributed by atoms with van der Waals surface area (Å²) >= 11 is 0. The highest BCUT2D eigenvalue weighted by atomic mass is 32.2. The SMILES string of the molecule is Cc1ccc(CN2CCC[C@H](Cc3ccc4[nH]ncc4c3)C2)cc1CS(C)(=O)=O. The number of nitrogens with zero attached hydrogens (tertiary/aromatic N) is 2. The Morgan fingerprint density at radius 2 is 2.00 bits per heavy atom. The molecule has 154 valence electrons. The molecule has 0 unspecified atom stereocenters. The van der Waals surface area contributed by atoms with Crippen LogP contribution in [0.4, 0.5) is 0 Å². The third-order valence-corrected chi connectivity index (χ3v) is 6.70. The summed E-state index contributed by atoms with van der Waals surface area (Å²) < 4.78 is 23.4. The molecule has 0 spiro atoms. The molecule has 1 saturated heterocycles. The number of H-pyrrole nitrogens is 1. The minimum atomic E-state index is -3.02. The molecule has 4 rings (SSSR count). The Hall–Kier alpha value is -2.18. The molecule has 0 bridgehead atoms. The van der Waals surface area contributed by atoms with Gasteiger partial charge < -0.3 is 0 Å². The summed E-state index contributed by atoms with van der Waals surface area (Å²) in [5, 5.41) is 8.30. The molecule has 1 aliphatic heterocycles. The number of likely N-dealkylation sites (tertiary alicyclic amines) is 1. The number of sulfone groups is 1. The van der Waals surface area contributed by atoms with Crippen LogP contribution in [0.25, 0.3) is 10.9 Å². The smallest absolute Gasteiger partial charge is 0.151 e. The van der Waals surface area contributed by atoms with E-state index in [0.29, 0.717) is 5.92 Å². The molecule has 6 heteroatoms. The first kappa shape index (κ1) is 20.1.